The van der Waals surface area contributed by atoms with E-state index >= 15 is 0 Å². The molecule has 6 heteroatoms. The van der Waals surface area contributed by atoms with E-state index in [1.165, 1.54) is 122 Å². The number of unbranched alkanes of at least 4 members (excludes halogenated alkanes) is 22. The van der Waals surface area contributed by atoms with Gasteiger partial charge in [-0.3, -0.25) is 14.4 Å². The lowest BCUT2D eigenvalue weighted by molar-refractivity contribution is -0.167. The van der Waals surface area contributed by atoms with E-state index in [1.54, 1.807) is 0 Å². The molecule has 2 atom stereocenters. The fourth-order valence-corrected chi connectivity index (χ4v) is 6.37. The third-order valence-electron chi connectivity index (χ3n) is 10.1. The predicted octanol–water partition coefficient (Wildman–Crippen LogP) is 13.4. The van der Waals surface area contributed by atoms with Crippen LogP contribution in [0.2, 0.25) is 0 Å². The van der Waals surface area contributed by atoms with Crippen LogP contribution in [-0.2, 0) is 28.6 Å². The second-order valence-corrected chi connectivity index (χ2v) is 15.7. The van der Waals surface area contributed by atoms with Crippen molar-refractivity contribution in [2.24, 2.45) is 11.8 Å². The molecule has 50 heavy (non-hydrogen) atoms. The minimum atomic E-state index is -0.759. The SMILES string of the molecule is CCCCCCCCCCCC(=O)O[C@@H](COC(=O)CCCCCCCCCCCCC(C)C)COC(=O)CCCCCCCCC(C)CC. The highest BCUT2D eigenvalue weighted by Gasteiger charge is 2.19. The van der Waals surface area contributed by atoms with Crippen molar-refractivity contribution >= 4 is 17.9 Å². The summed E-state index contributed by atoms with van der Waals surface area (Å²) in [5.74, 6) is 0.767. The van der Waals surface area contributed by atoms with Gasteiger partial charge in [-0.1, -0.05) is 195 Å². The first-order chi connectivity index (χ1) is 24.3. The van der Waals surface area contributed by atoms with Crippen molar-refractivity contribution in [3.05, 3.63) is 0 Å². The monoisotopic (exact) mass is 709 g/mol. The van der Waals surface area contributed by atoms with Gasteiger partial charge in [0.2, 0.25) is 0 Å². The molecule has 0 saturated heterocycles. The fourth-order valence-electron chi connectivity index (χ4n) is 6.37. The van der Waals surface area contributed by atoms with Crippen LogP contribution < -0.4 is 0 Å². The molecule has 0 heterocycles. The summed E-state index contributed by atoms with van der Waals surface area (Å²) in [6.45, 7) is 11.3. The second kappa shape index (κ2) is 37.2. The third kappa shape index (κ3) is 36.2. The van der Waals surface area contributed by atoms with Crippen LogP contribution in [0, 0.1) is 11.8 Å². The lowest BCUT2D eigenvalue weighted by Gasteiger charge is -2.18. The zero-order valence-electron chi connectivity index (χ0n) is 34.0. The molecule has 0 aromatic carbocycles. The summed E-state index contributed by atoms with van der Waals surface area (Å²) >= 11 is 0. The van der Waals surface area contributed by atoms with Gasteiger partial charge in [-0.25, -0.2) is 0 Å². The van der Waals surface area contributed by atoms with Gasteiger partial charge in [0.1, 0.15) is 13.2 Å². The van der Waals surface area contributed by atoms with E-state index in [-0.39, 0.29) is 31.1 Å². The van der Waals surface area contributed by atoms with Crippen molar-refractivity contribution in [2.75, 3.05) is 13.2 Å². The van der Waals surface area contributed by atoms with Gasteiger partial charge in [-0.2, -0.15) is 0 Å². The molecule has 296 valence electrons. The van der Waals surface area contributed by atoms with Gasteiger partial charge in [-0.05, 0) is 31.1 Å². The molecular formula is C44H84O6. The van der Waals surface area contributed by atoms with Crippen LogP contribution in [0.1, 0.15) is 234 Å². The molecule has 0 aliphatic carbocycles. The summed E-state index contributed by atoms with van der Waals surface area (Å²) < 4.78 is 16.7. The van der Waals surface area contributed by atoms with E-state index in [1.807, 2.05) is 0 Å². The molecule has 0 amide bonds. The number of hydrogen-bond donors (Lipinski definition) is 0. The lowest BCUT2D eigenvalue weighted by atomic mass is 10.00. The molecule has 0 saturated carbocycles. The molecule has 0 radical (unpaired) electrons. The number of carbonyl (C=O) groups excluding carboxylic acids is 3. The van der Waals surface area contributed by atoms with Gasteiger partial charge in [-0.15, -0.1) is 0 Å². The third-order valence-corrected chi connectivity index (χ3v) is 10.1. The molecule has 1 unspecified atom stereocenters. The molecule has 0 fully saturated rings. The maximum atomic E-state index is 12.6. The summed E-state index contributed by atoms with van der Waals surface area (Å²) in [5, 5.41) is 0. The normalized spacial score (nSPS) is 12.6. The van der Waals surface area contributed by atoms with E-state index in [2.05, 4.69) is 34.6 Å². The van der Waals surface area contributed by atoms with Crippen molar-refractivity contribution in [1.29, 1.82) is 0 Å². The quantitative estimate of drug-likeness (QED) is 0.0361. The highest BCUT2D eigenvalue weighted by Crippen LogP contribution is 2.16. The molecule has 0 aromatic rings. The Kier molecular flexibility index (Phi) is 36.0. The molecule has 0 aliphatic heterocycles. The number of esters is 3. The van der Waals surface area contributed by atoms with Crippen molar-refractivity contribution < 1.29 is 28.6 Å². The zero-order chi connectivity index (χ0) is 36.9. The average molecular weight is 709 g/mol. The minimum Gasteiger partial charge on any atom is -0.462 e. The fraction of sp³-hybridized carbons (Fsp3) is 0.932. The second-order valence-electron chi connectivity index (χ2n) is 15.7. The number of hydrogen-bond acceptors (Lipinski definition) is 6. The van der Waals surface area contributed by atoms with Gasteiger partial charge >= 0.3 is 17.9 Å². The Morgan fingerprint density at radius 2 is 0.760 bits per heavy atom. The van der Waals surface area contributed by atoms with Crippen LogP contribution in [-0.4, -0.2) is 37.2 Å². The summed E-state index contributed by atoms with van der Waals surface area (Å²) in [6.07, 6.45) is 33.8. The molecule has 0 aliphatic rings. The Bertz CT molecular complexity index is 766. The molecule has 0 aromatic heterocycles. The van der Waals surface area contributed by atoms with E-state index in [0.29, 0.717) is 19.3 Å². The first-order valence-corrected chi connectivity index (χ1v) is 21.8. The van der Waals surface area contributed by atoms with Gasteiger partial charge in [0.25, 0.3) is 0 Å². The maximum absolute atomic E-state index is 12.6. The van der Waals surface area contributed by atoms with E-state index < -0.39 is 6.10 Å². The molecule has 0 rings (SSSR count). The van der Waals surface area contributed by atoms with Gasteiger partial charge in [0.15, 0.2) is 6.10 Å². The molecule has 0 N–H and O–H groups in total. The van der Waals surface area contributed by atoms with E-state index in [0.717, 1.165) is 69.6 Å². The van der Waals surface area contributed by atoms with Crippen LogP contribution in [0.3, 0.4) is 0 Å². The number of carbonyl (C=O) groups is 3. The Morgan fingerprint density at radius 1 is 0.420 bits per heavy atom. The summed E-state index contributed by atoms with van der Waals surface area (Å²) in [4.78, 5) is 37.6. The first kappa shape index (κ1) is 48.4. The van der Waals surface area contributed by atoms with Crippen LogP contribution in [0.5, 0.6) is 0 Å². The van der Waals surface area contributed by atoms with Gasteiger partial charge in [0.05, 0.1) is 0 Å². The van der Waals surface area contributed by atoms with Crippen molar-refractivity contribution in [1.82, 2.24) is 0 Å². The average Bonchev–Trinajstić information content (AvgIpc) is 3.09. The Labute approximate surface area is 310 Å². The first-order valence-electron chi connectivity index (χ1n) is 21.8. The van der Waals surface area contributed by atoms with Crippen LogP contribution in [0.4, 0.5) is 0 Å². The highest BCUT2D eigenvalue weighted by molar-refractivity contribution is 5.71. The van der Waals surface area contributed by atoms with Crippen LogP contribution >= 0.6 is 0 Å². The Balaban J connectivity index is 4.33. The largest absolute Gasteiger partial charge is 0.462 e. The van der Waals surface area contributed by atoms with Crippen molar-refractivity contribution in [3.8, 4) is 0 Å². The zero-order valence-corrected chi connectivity index (χ0v) is 34.0. The lowest BCUT2D eigenvalue weighted by Crippen LogP contribution is -2.30. The molecule has 0 bridgehead atoms. The van der Waals surface area contributed by atoms with Crippen LogP contribution in [0.15, 0.2) is 0 Å². The summed E-state index contributed by atoms with van der Waals surface area (Å²) in [6, 6.07) is 0. The Morgan fingerprint density at radius 3 is 1.14 bits per heavy atom. The van der Waals surface area contributed by atoms with Crippen LogP contribution in [0.25, 0.3) is 0 Å². The number of ether oxygens (including phenoxy) is 3. The van der Waals surface area contributed by atoms with Crippen molar-refractivity contribution in [3.63, 3.8) is 0 Å². The topological polar surface area (TPSA) is 78.9 Å². The molecule has 0 spiro atoms. The van der Waals surface area contributed by atoms with E-state index in [9.17, 15) is 14.4 Å². The minimum absolute atomic E-state index is 0.0660. The molecular weight excluding hydrogens is 624 g/mol. The number of rotatable bonds is 38. The highest BCUT2D eigenvalue weighted by atomic mass is 16.6. The predicted molar refractivity (Wildman–Crippen MR) is 210 cm³/mol. The smallest absolute Gasteiger partial charge is 0.306 e. The maximum Gasteiger partial charge on any atom is 0.306 e. The van der Waals surface area contributed by atoms with E-state index in [4.69, 9.17) is 14.2 Å². The molecule has 6 nitrogen and oxygen atoms in total. The summed E-state index contributed by atoms with van der Waals surface area (Å²) in [5.41, 5.74) is 0. The van der Waals surface area contributed by atoms with Crippen molar-refractivity contribution in [2.45, 2.75) is 240 Å². The van der Waals surface area contributed by atoms with Gasteiger partial charge in [0, 0.05) is 19.3 Å². The Hall–Kier alpha value is -1.59. The summed E-state index contributed by atoms with van der Waals surface area (Å²) in [7, 11) is 0. The standard InChI is InChI=1S/C44H84O6/c1-6-8-9-10-11-14-19-26-31-36-44(47)50-41(38-49-43(46)35-30-25-21-20-23-28-33-40(5)7-2)37-48-42(45)34-29-24-18-16-13-12-15-17-22-27-32-39(3)4/h39-41H,6-38H2,1-5H3/t40?,41-/m0/s1. The van der Waals surface area contributed by atoms with Gasteiger partial charge < -0.3 is 14.2 Å².